The van der Waals surface area contributed by atoms with Gasteiger partial charge in [0.05, 0.1) is 5.56 Å². The van der Waals surface area contributed by atoms with Crippen molar-refractivity contribution in [2.24, 2.45) is 0 Å². The topological polar surface area (TPSA) is 81.7 Å². The summed E-state index contributed by atoms with van der Waals surface area (Å²) in [7, 11) is 0. The lowest BCUT2D eigenvalue weighted by Gasteiger charge is -2.38. The number of piperidine rings is 1. The molecule has 28 heavy (non-hydrogen) atoms. The first kappa shape index (κ1) is 19.9. The molecule has 0 aliphatic carbocycles. The number of hydrogen-bond acceptors (Lipinski definition) is 3. The van der Waals surface area contributed by atoms with Gasteiger partial charge in [0.2, 0.25) is 0 Å². The maximum Gasteiger partial charge on any atom is 0.335 e. The quantitative estimate of drug-likeness (QED) is 0.717. The fraction of sp³-hybridized carbons (Fsp3) is 0.364. The van der Waals surface area contributed by atoms with Crippen molar-refractivity contribution in [2.45, 2.75) is 44.9 Å². The molecule has 2 aromatic carbocycles. The van der Waals surface area contributed by atoms with E-state index in [1.54, 1.807) is 24.3 Å². The summed E-state index contributed by atoms with van der Waals surface area (Å²) < 4.78 is 0. The van der Waals surface area contributed by atoms with Crippen molar-refractivity contribution in [1.29, 1.82) is 0 Å². The second kappa shape index (κ2) is 9.37. The Morgan fingerprint density at radius 1 is 1.07 bits per heavy atom. The van der Waals surface area contributed by atoms with Gasteiger partial charge in [-0.15, -0.1) is 0 Å². The highest BCUT2D eigenvalue weighted by atomic mass is 16.4. The fourth-order valence-corrected chi connectivity index (χ4v) is 3.59. The van der Waals surface area contributed by atoms with Crippen LogP contribution in [0.5, 0.6) is 0 Å². The molecule has 1 saturated heterocycles. The van der Waals surface area contributed by atoms with Crippen LogP contribution in [0.2, 0.25) is 0 Å². The SMILES string of the molecule is CC1CC(NC(=O)NCc2ccc(C(=O)O)cc2)CCN1Cc1ccccc1. The van der Waals surface area contributed by atoms with Crippen LogP contribution >= 0.6 is 0 Å². The van der Waals surface area contributed by atoms with Crippen molar-refractivity contribution in [1.82, 2.24) is 15.5 Å². The molecular formula is C22H27N3O3. The lowest BCUT2D eigenvalue weighted by molar-refractivity contribution is 0.0697. The summed E-state index contributed by atoms with van der Waals surface area (Å²) in [6.07, 6.45) is 1.85. The Morgan fingerprint density at radius 3 is 2.43 bits per heavy atom. The third kappa shape index (κ3) is 5.57. The summed E-state index contributed by atoms with van der Waals surface area (Å²) >= 11 is 0. The number of urea groups is 1. The molecule has 3 rings (SSSR count). The van der Waals surface area contributed by atoms with Gasteiger partial charge < -0.3 is 15.7 Å². The first-order chi connectivity index (χ1) is 13.5. The van der Waals surface area contributed by atoms with E-state index in [0.29, 0.717) is 12.6 Å². The molecule has 0 bridgehead atoms. The van der Waals surface area contributed by atoms with Crippen LogP contribution in [0.3, 0.4) is 0 Å². The minimum absolute atomic E-state index is 0.163. The van der Waals surface area contributed by atoms with Gasteiger partial charge in [0.15, 0.2) is 0 Å². The minimum Gasteiger partial charge on any atom is -0.478 e. The smallest absolute Gasteiger partial charge is 0.335 e. The van der Waals surface area contributed by atoms with Crippen LogP contribution in [0.1, 0.15) is 41.3 Å². The van der Waals surface area contributed by atoms with Crippen molar-refractivity contribution in [2.75, 3.05) is 6.54 Å². The number of carboxylic acid groups (broad SMARTS) is 1. The van der Waals surface area contributed by atoms with Gasteiger partial charge in [0.1, 0.15) is 0 Å². The molecule has 6 heteroatoms. The van der Waals surface area contributed by atoms with Crippen LogP contribution in [0.15, 0.2) is 54.6 Å². The van der Waals surface area contributed by atoms with Gasteiger partial charge >= 0.3 is 12.0 Å². The molecular weight excluding hydrogens is 354 g/mol. The van der Waals surface area contributed by atoms with Crippen molar-refractivity contribution in [3.8, 4) is 0 Å². The van der Waals surface area contributed by atoms with E-state index in [1.165, 1.54) is 5.56 Å². The van der Waals surface area contributed by atoms with Crippen molar-refractivity contribution in [3.05, 3.63) is 71.3 Å². The van der Waals surface area contributed by atoms with E-state index in [9.17, 15) is 9.59 Å². The molecule has 1 aliphatic heterocycles. The highest BCUT2D eigenvalue weighted by Crippen LogP contribution is 2.19. The molecule has 2 unspecified atom stereocenters. The van der Waals surface area contributed by atoms with Gasteiger partial charge in [0, 0.05) is 31.7 Å². The maximum absolute atomic E-state index is 12.2. The van der Waals surface area contributed by atoms with Gasteiger partial charge in [-0.2, -0.15) is 0 Å². The zero-order valence-electron chi connectivity index (χ0n) is 16.1. The van der Waals surface area contributed by atoms with Gasteiger partial charge in [-0.1, -0.05) is 42.5 Å². The molecule has 1 heterocycles. The largest absolute Gasteiger partial charge is 0.478 e. The van der Waals surface area contributed by atoms with E-state index >= 15 is 0 Å². The van der Waals surface area contributed by atoms with Crippen LogP contribution in [0, 0.1) is 0 Å². The summed E-state index contributed by atoms with van der Waals surface area (Å²) in [4.78, 5) is 25.5. The van der Waals surface area contributed by atoms with Gasteiger partial charge in [-0.05, 0) is 43.0 Å². The number of rotatable bonds is 6. The highest BCUT2D eigenvalue weighted by molar-refractivity contribution is 5.87. The summed E-state index contributed by atoms with van der Waals surface area (Å²) in [5.74, 6) is -0.954. The van der Waals surface area contributed by atoms with Gasteiger partial charge in [-0.25, -0.2) is 9.59 Å². The maximum atomic E-state index is 12.2. The summed E-state index contributed by atoms with van der Waals surface area (Å²) in [5, 5.41) is 14.8. The highest BCUT2D eigenvalue weighted by Gasteiger charge is 2.26. The van der Waals surface area contributed by atoms with Crippen LogP contribution in [-0.4, -0.2) is 40.6 Å². The summed E-state index contributed by atoms with van der Waals surface area (Å²) in [6.45, 7) is 4.47. The molecule has 0 aromatic heterocycles. The molecule has 2 atom stereocenters. The molecule has 2 amide bonds. The number of hydrogen-bond donors (Lipinski definition) is 3. The Morgan fingerprint density at radius 2 is 1.79 bits per heavy atom. The fourth-order valence-electron chi connectivity index (χ4n) is 3.59. The Kier molecular flexibility index (Phi) is 6.66. The third-order valence-electron chi connectivity index (χ3n) is 5.23. The zero-order chi connectivity index (χ0) is 19.9. The predicted octanol–water partition coefficient (Wildman–Crippen LogP) is 3.24. The second-order valence-electron chi connectivity index (χ2n) is 7.36. The number of benzene rings is 2. The number of nitrogens with one attached hydrogen (secondary N) is 2. The lowest BCUT2D eigenvalue weighted by Crippen LogP contribution is -2.50. The number of nitrogens with zero attached hydrogens (tertiary/aromatic N) is 1. The van der Waals surface area contributed by atoms with Gasteiger partial charge in [-0.3, -0.25) is 4.90 Å². The Bertz CT molecular complexity index is 792. The molecule has 0 radical (unpaired) electrons. The van der Waals surface area contributed by atoms with Gasteiger partial charge in [0.25, 0.3) is 0 Å². The molecule has 6 nitrogen and oxygen atoms in total. The molecule has 0 spiro atoms. The van der Waals surface area contributed by atoms with E-state index in [2.05, 4.69) is 46.7 Å². The molecule has 1 aliphatic rings. The van der Waals surface area contributed by atoms with Crippen LogP contribution in [-0.2, 0) is 13.1 Å². The predicted molar refractivity (Wildman–Crippen MR) is 108 cm³/mol. The summed E-state index contributed by atoms with van der Waals surface area (Å²) in [5.41, 5.74) is 2.42. The van der Waals surface area contributed by atoms with E-state index in [-0.39, 0.29) is 17.6 Å². The third-order valence-corrected chi connectivity index (χ3v) is 5.23. The lowest BCUT2D eigenvalue weighted by atomic mass is 9.97. The molecule has 2 aromatic rings. The Balaban J connectivity index is 1.42. The number of likely N-dealkylation sites (tertiary alicyclic amines) is 1. The zero-order valence-corrected chi connectivity index (χ0v) is 16.1. The van der Waals surface area contributed by atoms with E-state index in [0.717, 1.165) is 31.5 Å². The molecule has 1 fully saturated rings. The number of carbonyl (C=O) groups excluding carboxylic acids is 1. The van der Waals surface area contributed by atoms with E-state index < -0.39 is 5.97 Å². The van der Waals surface area contributed by atoms with Crippen LogP contribution in [0.4, 0.5) is 4.79 Å². The molecule has 3 N–H and O–H groups in total. The molecule has 0 saturated carbocycles. The standard InChI is InChI=1S/C22H27N3O3/c1-16-13-20(11-12-25(16)15-18-5-3-2-4-6-18)24-22(28)23-14-17-7-9-19(10-8-17)21(26)27/h2-10,16,20H,11-15H2,1H3,(H,26,27)(H2,23,24,28). The van der Waals surface area contributed by atoms with Crippen molar-refractivity contribution >= 4 is 12.0 Å². The van der Waals surface area contributed by atoms with Crippen LogP contribution in [0.25, 0.3) is 0 Å². The second-order valence-corrected chi connectivity index (χ2v) is 7.36. The number of carbonyl (C=O) groups is 2. The minimum atomic E-state index is -0.954. The average molecular weight is 381 g/mol. The molecule has 148 valence electrons. The number of amides is 2. The Labute approximate surface area is 165 Å². The Hall–Kier alpha value is -2.86. The normalized spacial score (nSPS) is 19.8. The van der Waals surface area contributed by atoms with E-state index in [1.807, 2.05) is 6.07 Å². The van der Waals surface area contributed by atoms with Crippen LogP contribution < -0.4 is 10.6 Å². The summed E-state index contributed by atoms with van der Waals surface area (Å²) in [6, 6.07) is 17.4. The number of aromatic carboxylic acids is 1. The van der Waals surface area contributed by atoms with Crippen molar-refractivity contribution < 1.29 is 14.7 Å². The van der Waals surface area contributed by atoms with E-state index in [4.69, 9.17) is 5.11 Å². The first-order valence-electron chi connectivity index (χ1n) is 9.66. The average Bonchev–Trinajstić information content (AvgIpc) is 2.69. The number of carboxylic acids is 1. The first-order valence-corrected chi connectivity index (χ1v) is 9.66. The van der Waals surface area contributed by atoms with Crippen molar-refractivity contribution in [3.63, 3.8) is 0 Å². The monoisotopic (exact) mass is 381 g/mol.